The van der Waals surface area contributed by atoms with E-state index in [4.69, 9.17) is 4.74 Å². The van der Waals surface area contributed by atoms with Gasteiger partial charge >= 0.3 is 5.97 Å². The highest BCUT2D eigenvalue weighted by molar-refractivity contribution is 5.82. The topological polar surface area (TPSA) is 59.4 Å². The molecule has 1 N–H and O–H groups in total. The van der Waals surface area contributed by atoms with Crippen molar-refractivity contribution in [1.29, 1.82) is 0 Å². The smallest absolute Gasteiger partial charge is 0.338 e. The molecule has 1 saturated heterocycles. The normalized spacial score (nSPS) is 34.2. The van der Waals surface area contributed by atoms with E-state index in [-0.39, 0.29) is 23.9 Å². The second-order valence-electron chi connectivity index (χ2n) is 8.59. The van der Waals surface area contributed by atoms with Gasteiger partial charge in [-0.25, -0.2) is 4.79 Å². The molecule has 1 aliphatic carbocycles. The lowest BCUT2D eigenvalue weighted by molar-refractivity contribution is -0.160. The largest absolute Gasteiger partial charge is 0.460 e. The van der Waals surface area contributed by atoms with Crippen LogP contribution in [0.4, 0.5) is 0 Å². The molecule has 4 nitrogen and oxygen atoms in total. The fourth-order valence-corrected chi connectivity index (χ4v) is 5.46. The van der Waals surface area contributed by atoms with Crippen LogP contribution in [0.2, 0.25) is 0 Å². The number of fused-ring (bicyclic) bond motifs is 1. The summed E-state index contributed by atoms with van der Waals surface area (Å²) in [5.41, 5.74) is 1.73. The first-order chi connectivity index (χ1) is 13.9. The lowest BCUT2D eigenvalue weighted by Crippen LogP contribution is -2.53. The Morgan fingerprint density at radius 2 is 1.93 bits per heavy atom. The van der Waals surface area contributed by atoms with E-state index in [1.54, 1.807) is 0 Å². The number of hydrogen-bond donors (Lipinski definition) is 1. The monoisotopic (exact) mass is 391 g/mol. The van der Waals surface area contributed by atoms with Crippen LogP contribution in [0.5, 0.6) is 0 Å². The zero-order valence-corrected chi connectivity index (χ0v) is 17.3. The molecule has 6 atom stereocenters. The molecule has 1 aliphatic heterocycles. The molecule has 0 radical (unpaired) electrons. The van der Waals surface area contributed by atoms with Gasteiger partial charge in [-0.3, -0.25) is 4.98 Å². The minimum Gasteiger partial charge on any atom is -0.460 e. The van der Waals surface area contributed by atoms with Gasteiger partial charge in [-0.2, -0.15) is 0 Å². The van der Waals surface area contributed by atoms with E-state index in [2.05, 4.69) is 43.1 Å². The van der Waals surface area contributed by atoms with E-state index in [9.17, 15) is 9.90 Å². The molecule has 2 aliphatic rings. The van der Waals surface area contributed by atoms with Crippen LogP contribution in [0.25, 0.3) is 17.2 Å². The average molecular weight is 392 g/mol. The molecule has 152 valence electrons. The fraction of sp³-hybridized carbons (Fsp3) is 0.440. The molecule has 4 rings (SSSR count). The lowest BCUT2D eigenvalue weighted by atomic mass is 9.59. The van der Waals surface area contributed by atoms with Crippen molar-refractivity contribution < 1.29 is 14.6 Å². The Kier molecular flexibility index (Phi) is 5.30. The lowest BCUT2D eigenvalue weighted by Gasteiger charge is -2.45. The molecule has 2 heterocycles. The van der Waals surface area contributed by atoms with Crippen LogP contribution in [0.1, 0.15) is 39.3 Å². The molecular formula is C25H29NO3. The van der Waals surface area contributed by atoms with Gasteiger partial charge in [-0.05, 0) is 48.8 Å². The number of benzene rings is 1. The van der Waals surface area contributed by atoms with Crippen molar-refractivity contribution in [2.24, 2.45) is 23.7 Å². The van der Waals surface area contributed by atoms with Gasteiger partial charge < -0.3 is 9.84 Å². The molecular weight excluding hydrogens is 362 g/mol. The summed E-state index contributed by atoms with van der Waals surface area (Å²) in [6.45, 7) is 6.21. The number of carbonyl (C=O) groups excluding carboxylic acids is 1. The molecule has 2 fully saturated rings. The molecule has 0 bridgehead atoms. The Bertz CT molecular complexity index is 892. The van der Waals surface area contributed by atoms with E-state index < -0.39 is 11.6 Å². The van der Waals surface area contributed by atoms with E-state index in [1.165, 1.54) is 0 Å². The zero-order chi connectivity index (χ0) is 20.6. The SMILES string of the molecule is CC[C@H]1[C@H](/C=C/c2ccc(-c3ccccc3)cn2)[C@@H]2[C@@H](C)OC(=O)[C@]2(O)C[C@@H]1C. The predicted octanol–water partition coefficient (Wildman–Crippen LogP) is 4.74. The molecule has 1 aromatic heterocycles. The quantitative estimate of drug-likeness (QED) is 0.765. The number of aromatic nitrogens is 1. The first-order valence-electron chi connectivity index (χ1n) is 10.6. The van der Waals surface area contributed by atoms with Crippen LogP contribution in [-0.4, -0.2) is 27.8 Å². The first-order valence-corrected chi connectivity index (χ1v) is 10.6. The number of hydrogen-bond acceptors (Lipinski definition) is 4. The van der Waals surface area contributed by atoms with Crippen molar-refractivity contribution in [3.05, 3.63) is 60.4 Å². The molecule has 0 amide bonds. The second kappa shape index (κ2) is 7.75. The molecule has 2 aromatic rings. The number of aliphatic hydroxyl groups is 1. The standard InChI is InChI=1S/C25H29NO3/c1-4-21-16(2)14-25(28)23(17(3)29-24(25)27)22(21)13-12-20-11-10-19(15-26-20)18-8-6-5-7-9-18/h5-13,15-17,21-23,28H,4,14H2,1-3H3/b13-12+/t16-,17+,21+,22-,23-,25-/m0/s1. The second-order valence-corrected chi connectivity index (χ2v) is 8.59. The highest BCUT2D eigenvalue weighted by Crippen LogP contribution is 2.52. The summed E-state index contributed by atoms with van der Waals surface area (Å²) in [7, 11) is 0. The highest BCUT2D eigenvalue weighted by atomic mass is 16.6. The van der Waals surface area contributed by atoms with Gasteiger partial charge in [0.2, 0.25) is 0 Å². The van der Waals surface area contributed by atoms with E-state index in [0.29, 0.717) is 12.3 Å². The van der Waals surface area contributed by atoms with Crippen LogP contribution in [0.15, 0.2) is 54.7 Å². The van der Waals surface area contributed by atoms with Gasteiger partial charge in [-0.15, -0.1) is 0 Å². The molecule has 1 aromatic carbocycles. The molecule has 1 saturated carbocycles. The van der Waals surface area contributed by atoms with Crippen LogP contribution < -0.4 is 0 Å². The van der Waals surface area contributed by atoms with Crippen LogP contribution >= 0.6 is 0 Å². The van der Waals surface area contributed by atoms with Crippen molar-refractivity contribution in [3.8, 4) is 11.1 Å². The van der Waals surface area contributed by atoms with E-state index in [1.807, 2.05) is 43.5 Å². The van der Waals surface area contributed by atoms with Crippen LogP contribution in [-0.2, 0) is 9.53 Å². The van der Waals surface area contributed by atoms with E-state index >= 15 is 0 Å². The maximum absolute atomic E-state index is 12.4. The van der Waals surface area contributed by atoms with Crippen LogP contribution in [0, 0.1) is 23.7 Å². The molecule has 4 heteroatoms. The Balaban J connectivity index is 1.60. The van der Waals surface area contributed by atoms with Gasteiger partial charge in [-0.1, -0.05) is 62.7 Å². The van der Waals surface area contributed by atoms with Gasteiger partial charge in [0, 0.05) is 17.7 Å². The van der Waals surface area contributed by atoms with Crippen molar-refractivity contribution in [2.75, 3.05) is 0 Å². The fourth-order valence-electron chi connectivity index (χ4n) is 5.46. The summed E-state index contributed by atoms with van der Waals surface area (Å²) in [5.74, 6) is 0.0566. The van der Waals surface area contributed by atoms with Gasteiger partial charge in [0.1, 0.15) is 6.10 Å². The minimum absolute atomic E-state index is 0.0748. The third-order valence-corrected chi connectivity index (χ3v) is 6.83. The molecule has 29 heavy (non-hydrogen) atoms. The summed E-state index contributed by atoms with van der Waals surface area (Å²) < 4.78 is 5.46. The number of allylic oxidation sites excluding steroid dienone is 1. The summed E-state index contributed by atoms with van der Waals surface area (Å²) in [6.07, 6.45) is 7.25. The maximum Gasteiger partial charge on any atom is 0.338 e. The number of ether oxygens (including phenoxy) is 1. The Hall–Kier alpha value is -2.46. The van der Waals surface area contributed by atoms with Crippen LogP contribution in [0.3, 0.4) is 0 Å². The summed E-state index contributed by atoms with van der Waals surface area (Å²) in [5, 5.41) is 11.1. The average Bonchev–Trinajstić information content (AvgIpc) is 2.95. The van der Waals surface area contributed by atoms with Crippen molar-refractivity contribution in [1.82, 2.24) is 4.98 Å². The first kappa shape index (κ1) is 19.8. The number of cyclic esters (lactones) is 1. The Labute approximate surface area is 172 Å². The van der Waals surface area contributed by atoms with Gasteiger partial charge in [0.15, 0.2) is 5.60 Å². The van der Waals surface area contributed by atoms with Crippen molar-refractivity contribution in [2.45, 2.75) is 45.3 Å². The number of carbonyl (C=O) groups is 1. The summed E-state index contributed by atoms with van der Waals surface area (Å²) in [6, 6.07) is 14.3. The van der Waals surface area contributed by atoms with Crippen molar-refractivity contribution >= 4 is 12.0 Å². The zero-order valence-electron chi connectivity index (χ0n) is 17.3. The third-order valence-electron chi connectivity index (χ3n) is 6.83. The van der Waals surface area contributed by atoms with E-state index in [0.717, 1.165) is 23.2 Å². The predicted molar refractivity (Wildman–Crippen MR) is 114 cm³/mol. The summed E-state index contributed by atoms with van der Waals surface area (Å²) in [4.78, 5) is 17.0. The Morgan fingerprint density at radius 1 is 1.17 bits per heavy atom. The third kappa shape index (κ3) is 3.51. The molecule has 0 unspecified atom stereocenters. The van der Waals surface area contributed by atoms with Crippen molar-refractivity contribution in [3.63, 3.8) is 0 Å². The maximum atomic E-state index is 12.4. The summed E-state index contributed by atoms with van der Waals surface area (Å²) >= 11 is 0. The number of pyridine rings is 1. The van der Waals surface area contributed by atoms with Gasteiger partial charge in [0.25, 0.3) is 0 Å². The highest BCUT2D eigenvalue weighted by Gasteiger charge is 2.62. The number of rotatable bonds is 4. The minimum atomic E-state index is -1.37. The van der Waals surface area contributed by atoms with Gasteiger partial charge in [0.05, 0.1) is 5.69 Å². The molecule has 0 spiro atoms. The number of esters is 1. The number of nitrogens with zero attached hydrogens (tertiary/aromatic N) is 1. The Morgan fingerprint density at radius 3 is 2.59 bits per heavy atom.